The van der Waals surface area contributed by atoms with Crippen LogP contribution in [-0.2, 0) is 0 Å². The van der Waals surface area contributed by atoms with Gasteiger partial charge in [0.2, 0.25) is 0 Å². The molecular weight excluding hydrogens is 230 g/mol. The summed E-state index contributed by atoms with van der Waals surface area (Å²) in [6, 6.07) is 7.21. The van der Waals surface area contributed by atoms with Crippen LogP contribution in [0.2, 0.25) is 0 Å². The van der Waals surface area contributed by atoms with E-state index in [0.717, 1.165) is 6.42 Å². The van der Waals surface area contributed by atoms with E-state index in [2.05, 4.69) is 5.32 Å². The number of rotatable bonds is 3. The third-order valence-electron chi connectivity index (χ3n) is 3.35. The van der Waals surface area contributed by atoms with Crippen LogP contribution in [0.15, 0.2) is 24.3 Å². The molecule has 1 saturated heterocycles. The van der Waals surface area contributed by atoms with Crippen LogP contribution in [-0.4, -0.2) is 36.7 Å². The molecule has 18 heavy (non-hydrogen) atoms. The van der Waals surface area contributed by atoms with Crippen molar-refractivity contribution < 1.29 is 9.53 Å². The number of para-hydroxylation sites is 2. The van der Waals surface area contributed by atoms with Crippen molar-refractivity contribution in [2.75, 3.05) is 25.5 Å². The normalized spacial score (nSPS) is 16.9. The van der Waals surface area contributed by atoms with E-state index in [1.807, 2.05) is 31.2 Å². The number of carbonyl (C=O) groups excluding carboxylic acids is 1. The van der Waals surface area contributed by atoms with Crippen molar-refractivity contribution in [2.24, 2.45) is 5.73 Å². The SMILES string of the molecule is CCC1(N)CN(C(=O)Nc2ccccc2OC)C1. The Hall–Kier alpha value is -1.75. The van der Waals surface area contributed by atoms with Gasteiger partial charge in [0.15, 0.2) is 0 Å². The number of hydrogen-bond donors (Lipinski definition) is 2. The van der Waals surface area contributed by atoms with Crippen molar-refractivity contribution in [1.29, 1.82) is 0 Å². The first kappa shape index (κ1) is 12.7. The maximum Gasteiger partial charge on any atom is 0.322 e. The molecule has 0 atom stereocenters. The Morgan fingerprint density at radius 1 is 1.50 bits per heavy atom. The predicted octanol–water partition coefficient (Wildman–Crippen LogP) is 1.65. The fourth-order valence-electron chi connectivity index (χ4n) is 2.02. The zero-order valence-electron chi connectivity index (χ0n) is 10.8. The van der Waals surface area contributed by atoms with Crippen LogP contribution in [0, 0.1) is 0 Å². The van der Waals surface area contributed by atoms with Gasteiger partial charge in [-0.3, -0.25) is 0 Å². The molecule has 5 heteroatoms. The number of carbonyl (C=O) groups is 1. The molecule has 98 valence electrons. The van der Waals surface area contributed by atoms with E-state index < -0.39 is 0 Å². The van der Waals surface area contributed by atoms with Crippen molar-refractivity contribution in [1.82, 2.24) is 4.90 Å². The number of benzene rings is 1. The molecular formula is C13H19N3O2. The summed E-state index contributed by atoms with van der Waals surface area (Å²) in [4.78, 5) is 13.7. The Bertz CT molecular complexity index is 442. The number of urea groups is 1. The molecule has 0 bridgehead atoms. The number of hydrogen-bond acceptors (Lipinski definition) is 3. The highest BCUT2D eigenvalue weighted by Gasteiger charge is 2.40. The summed E-state index contributed by atoms with van der Waals surface area (Å²) in [5.41, 5.74) is 6.50. The largest absolute Gasteiger partial charge is 0.495 e. The second kappa shape index (κ2) is 4.86. The van der Waals surface area contributed by atoms with Crippen molar-refractivity contribution in [3.05, 3.63) is 24.3 Å². The van der Waals surface area contributed by atoms with Crippen LogP contribution >= 0.6 is 0 Å². The summed E-state index contributed by atoms with van der Waals surface area (Å²) in [5.74, 6) is 0.654. The molecule has 1 aliphatic heterocycles. The van der Waals surface area contributed by atoms with Crippen molar-refractivity contribution in [2.45, 2.75) is 18.9 Å². The standard InChI is InChI=1S/C13H19N3O2/c1-3-13(14)8-16(9-13)12(17)15-10-6-4-5-7-11(10)18-2/h4-7H,3,8-9,14H2,1-2H3,(H,15,17). The summed E-state index contributed by atoms with van der Waals surface area (Å²) in [7, 11) is 1.58. The minimum Gasteiger partial charge on any atom is -0.495 e. The molecule has 0 aliphatic carbocycles. The van der Waals surface area contributed by atoms with E-state index in [1.54, 1.807) is 12.0 Å². The van der Waals surface area contributed by atoms with Gasteiger partial charge in [-0.15, -0.1) is 0 Å². The molecule has 1 heterocycles. The minimum absolute atomic E-state index is 0.131. The Morgan fingerprint density at radius 2 is 2.17 bits per heavy atom. The van der Waals surface area contributed by atoms with Gasteiger partial charge in [0.1, 0.15) is 5.75 Å². The van der Waals surface area contributed by atoms with E-state index in [0.29, 0.717) is 24.5 Å². The van der Waals surface area contributed by atoms with E-state index in [-0.39, 0.29) is 11.6 Å². The van der Waals surface area contributed by atoms with Crippen molar-refractivity contribution in [3.63, 3.8) is 0 Å². The lowest BCUT2D eigenvalue weighted by atomic mass is 9.89. The number of amides is 2. The van der Waals surface area contributed by atoms with E-state index in [4.69, 9.17) is 10.5 Å². The van der Waals surface area contributed by atoms with Gasteiger partial charge in [-0.25, -0.2) is 4.79 Å². The molecule has 5 nitrogen and oxygen atoms in total. The summed E-state index contributed by atoms with van der Waals surface area (Å²) in [6.07, 6.45) is 0.880. The first-order chi connectivity index (χ1) is 8.58. The zero-order valence-corrected chi connectivity index (χ0v) is 10.8. The Balaban J connectivity index is 1.97. The van der Waals surface area contributed by atoms with Gasteiger partial charge in [0.05, 0.1) is 18.3 Å². The van der Waals surface area contributed by atoms with E-state index in [9.17, 15) is 4.79 Å². The fraction of sp³-hybridized carbons (Fsp3) is 0.462. The molecule has 0 unspecified atom stereocenters. The van der Waals surface area contributed by atoms with Gasteiger partial charge < -0.3 is 20.7 Å². The van der Waals surface area contributed by atoms with Crippen LogP contribution in [0.4, 0.5) is 10.5 Å². The van der Waals surface area contributed by atoms with Gasteiger partial charge in [-0.2, -0.15) is 0 Å². The van der Waals surface area contributed by atoms with E-state index >= 15 is 0 Å². The summed E-state index contributed by atoms with van der Waals surface area (Å²) in [5, 5.41) is 2.83. The number of anilines is 1. The summed E-state index contributed by atoms with van der Waals surface area (Å²) < 4.78 is 5.18. The van der Waals surface area contributed by atoms with Gasteiger partial charge in [0.25, 0.3) is 0 Å². The second-order valence-corrected chi connectivity index (χ2v) is 4.70. The average molecular weight is 249 g/mol. The lowest BCUT2D eigenvalue weighted by Crippen LogP contribution is -2.68. The first-order valence-corrected chi connectivity index (χ1v) is 6.06. The van der Waals surface area contributed by atoms with Crippen LogP contribution in [0.1, 0.15) is 13.3 Å². The van der Waals surface area contributed by atoms with Crippen LogP contribution in [0.25, 0.3) is 0 Å². The molecule has 3 N–H and O–H groups in total. The lowest BCUT2D eigenvalue weighted by Gasteiger charge is -2.47. The molecule has 2 amide bonds. The molecule has 1 aromatic carbocycles. The van der Waals surface area contributed by atoms with Gasteiger partial charge in [0, 0.05) is 13.1 Å². The monoisotopic (exact) mass is 249 g/mol. The number of likely N-dealkylation sites (tertiary alicyclic amines) is 1. The number of methoxy groups -OCH3 is 1. The highest BCUT2D eigenvalue weighted by molar-refractivity contribution is 5.91. The van der Waals surface area contributed by atoms with Gasteiger partial charge in [-0.05, 0) is 18.6 Å². The number of ether oxygens (including phenoxy) is 1. The number of nitrogens with one attached hydrogen (secondary N) is 1. The topological polar surface area (TPSA) is 67.6 Å². The maximum absolute atomic E-state index is 12.0. The van der Waals surface area contributed by atoms with Gasteiger partial charge in [-0.1, -0.05) is 19.1 Å². The molecule has 0 radical (unpaired) electrons. The Morgan fingerprint density at radius 3 is 2.78 bits per heavy atom. The van der Waals surface area contributed by atoms with Crippen LogP contribution in [0.3, 0.4) is 0 Å². The molecule has 0 saturated carbocycles. The molecule has 2 rings (SSSR count). The third-order valence-corrected chi connectivity index (χ3v) is 3.35. The summed E-state index contributed by atoms with van der Waals surface area (Å²) >= 11 is 0. The van der Waals surface area contributed by atoms with Crippen LogP contribution < -0.4 is 15.8 Å². The van der Waals surface area contributed by atoms with E-state index in [1.165, 1.54) is 0 Å². The third kappa shape index (κ3) is 2.41. The smallest absolute Gasteiger partial charge is 0.322 e. The number of nitrogens with zero attached hydrogens (tertiary/aromatic N) is 1. The van der Waals surface area contributed by atoms with Crippen molar-refractivity contribution >= 4 is 11.7 Å². The fourth-order valence-corrected chi connectivity index (χ4v) is 2.02. The summed E-state index contributed by atoms with van der Waals surface area (Å²) in [6.45, 7) is 3.24. The molecule has 0 spiro atoms. The quantitative estimate of drug-likeness (QED) is 0.856. The molecule has 1 fully saturated rings. The average Bonchev–Trinajstić information content (AvgIpc) is 2.35. The zero-order chi connectivity index (χ0) is 13.2. The Kier molecular flexibility index (Phi) is 3.43. The lowest BCUT2D eigenvalue weighted by molar-refractivity contribution is 0.102. The molecule has 1 aliphatic rings. The number of nitrogens with two attached hydrogens (primary N) is 1. The first-order valence-electron chi connectivity index (χ1n) is 6.06. The predicted molar refractivity (Wildman–Crippen MR) is 70.8 cm³/mol. The highest BCUT2D eigenvalue weighted by atomic mass is 16.5. The molecule has 1 aromatic rings. The van der Waals surface area contributed by atoms with Crippen molar-refractivity contribution in [3.8, 4) is 5.75 Å². The second-order valence-electron chi connectivity index (χ2n) is 4.70. The van der Waals surface area contributed by atoms with Gasteiger partial charge >= 0.3 is 6.03 Å². The molecule has 0 aromatic heterocycles. The maximum atomic E-state index is 12.0. The highest BCUT2D eigenvalue weighted by Crippen LogP contribution is 2.26. The van der Waals surface area contributed by atoms with Crippen LogP contribution in [0.5, 0.6) is 5.75 Å². The minimum atomic E-state index is -0.210. The Labute approximate surface area is 107 Å².